The number of piperazine rings is 1. The topological polar surface area (TPSA) is 104 Å². The van der Waals surface area contributed by atoms with Crippen molar-refractivity contribution in [2.75, 3.05) is 39.8 Å². The van der Waals surface area contributed by atoms with Crippen molar-refractivity contribution in [2.24, 2.45) is 0 Å². The second kappa shape index (κ2) is 10.3. The van der Waals surface area contributed by atoms with Gasteiger partial charge < -0.3 is 29.4 Å². The number of H-pyrrole nitrogens is 1. The summed E-state index contributed by atoms with van der Waals surface area (Å²) in [5.41, 5.74) is 2.83. The molecule has 3 heterocycles. The highest BCUT2D eigenvalue weighted by molar-refractivity contribution is 5.94. The van der Waals surface area contributed by atoms with Gasteiger partial charge >= 0.3 is 0 Å². The third-order valence-electron chi connectivity index (χ3n) is 6.13. The number of likely N-dealkylation sites (N-methyl/N-ethyl adjacent to an activating group) is 1. The van der Waals surface area contributed by atoms with Gasteiger partial charge in [0, 0.05) is 49.6 Å². The standard InChI is InChI=1S/C27H29N5O4/c1-18(17-33)35-22-14-20(25-29-24-4-3-9-28-26(24)30-25)15-23(16-22)36-21-7-5-19(6-8-21)27(34)32-12-10-31(2)11-13-32/h3-9,14-16,18,33H,10-13,17H2,1-2H3,(H,28,29,30). The van der Waals surface area contributed by atoms with E-state index in [0.29, 0.717) is 34.3 Å². The second-order valence-electron chi connectivity index (χ2n) is 8.99. The van der Waals surface area contributed by atoms with E-state index >= 15 is 0 Å². The normalized spacial score (nSPS) is 15.1. The van der Waals surface area contributed by atoms with Crippen LogP contribution in [0.4, 0.5) is 0 Å². The van der Waals surface area contributed by atoms with Crippen molar-refractivity contribution in [3.8, 4) is 28.6 Å². The number of pyridine rings is 1. The monoisotopic (exact) mass is 487 g/mol. The van der Waals surface area contributed by atoms with E-state index in [1.807, 2.05) is 29.2 Å². The predicted octanol–water partition coefficient (Wildman–Crippen LogP) is 3.56. The zero-order valence-corrected chi connectivity index (χ0v) is 20.3. The summed E-state index contributed by atoms with van der Waals surface area (Å²) in [6, 6.07) is 16.4. The third kappa shape index (κ3) is 5.32. The maximum absolute atomic E-state index is 12.8. The molecule has 4 aromatic rings. The van der Waals surface area contributed by atoms with Crippen LogP contribution >= 0.6 is 0 Å². The molecule has 0 radical (unpaired) electrons. The van der Waals surface area contributed by atoms with Crippen LogP contribution in [0.1, 0.15) is 17.3 Å². The first-order chi connectivity index (χ1) is 17.5. The maximum atomic E-state index is 12.8. The highest BCUT2D eigenvalue weighted by Crippen LogP contribution is 2.32. The molecule has 2 aromatic heterocycles. The maximum Gasteiger partial charge on any atom is 0.253 e. The van der Waals surface area contributed by atoms with Gasteiger partial charge in [-0.15, -0.1) is 0 Å². The number of aromatic nitrogens is 3. The minimum Gasteiger partial charge on any atom is -0.488 e. The fraction of sp³-hybridized carbons (Fsp3) is 0.296. The molecule has 1 amide bonds. The number of hydrogen-bond acceptors (Lipinski definition) is 7. The lowest BCUT2D eigenvalue weighted by Gasteiger charge is -2.32. The van der Waals surface area contributed by atoms with E-state index in [2.05, 4.69) is 26.9 Å². The van der Waals surface area contributed by atoms with E-state index in [1.165, 1.54) is 0 Å². The number of carbonyl (C=O) groups excluding carboxylic acids is 1. The van der Waals surface area contributed by atoms with E-state index in [1.54, 1.807) is 43.5 Å². The van der Waals surface area contributed by atoms with Crippen molar-refractivity contribution >= 4 is 17.1 Å². The summed E-state index contributed by atoms with van der Waals surface area (Å²) in [5.74, 6) is 2.33. The van der Waals surface area contributed by atoms with Crippen molar-refractivity contribution < 1.29 is 19.4 Å². The average molecular weight is 488 g/mol. The van der Waals surface area contributed by atoms with Gasteiger partial charge in [-0.1, -0.05) is 0 Å². The summed E-state index contributed by atoms with van der Waals surface area (Å²) in [5, 5.41) is 9.44. The van der Waals surface area contributed by atoms with Gasteiger partial charge in [0.25, 0.3) is 5.91 Å². The Kier molecular flexibility index (Phi) is 6.84. The summed E-state index contributed by atoms with van der Waals surface area (Å²) in [6.07, 6.45) is 1.31. The summed E-state index contributed by atoms with van der Waals surface area (Å²) in [4.78, 5) is 29.1. The van der Waals surface area contributed by atoms with Gasteiger partial charge in [-0.2, -0.15) is 0 Å². The van der Waals surface area contributed by atoms with Crippen molar-refractivity contribution in [3.63, 3.8) is 0 Å². The van der Waals surface area contributed by atoms with Crippen LogP contribution in [-0.2, 0) is 0 Å². The van der Waals surface area contributed by atoms with E-state index < -0.39 is 0 Å². The molecule has 1 fully saturated rings. The van der Waals surface area contributed by atoms with E-state index in [-0.39, 0.29) is 18.6 Å². The molecule has 2 aromatic carbocycles. The first kappa shape index (κ1) is 23.8. The molecule has 9 heteroatoms. The molecular formula is C27H29N5O4. The first-order valence-corrected chi connectivity index (χ1v) is 12.0. The molecular weight excluding hydrogens is 458 g/mol. The Bertz CT molecular complexity index is 1310. The number of amides is 1. The van der Waals surface area contributed by atoms with Crippen LogP contribution in [0, 0.1) is 0 Å². The molecule has 2 N–H and O–H groups in total. The van der Waals surface area contributed by atoms with Gasteiger partial charge in [-0.25, -0.2) is 9.97 Å². The number of aliphatic hydroxyl groups excluding tert-OH is 1. The van der Waals surface area contributed by atoms with Gasteiger partial charge in [0.05, 0.1) is 12.1 Å². The van der Waals surface area contributed by atoms with Crippen molar-refractivity contribution in [1.82, 2.24) is 24.8 Å². The van der Waals surface area contributed by atoms with Gasteiger partial charge in [-0.3, -0.25) is 4.79 Å². The number of aliphatic hydroxyl groups is 1. The van der Waals surface area contributed by atoms with Crippen LogP contribution in [0.15, 0.2) is 60.8 Å². The largest absolute Gasteiger partial charge is 0.488 e. The van der Waals surface area contributed by atoms with Crippen LogP contribution in [0.2, 0.25) is 0 Å². The number of nitrogens with zero attached hydrogens (tertiary/aromatic N) is 4. The molecule has 1 aliphatic rings. The second-order valence-corrected chi connectivity index (χ2v) is 8.99. The highest BCUT2D eigenvalue weighted by Gasteiger charge is 2.20. The SMILES string of the molecule is CC(CO)Oc1cc(Oc2ccc(C(=O)N3CCN(C)CC3)cc2)cc(-c2nc3ncccc3[nH]2)c1. The van der Waals surface area contributed by atoms with Gasteiger partial charge in [0.1, 0.15) is 29.2 Å². The summed E-state index contributed by atoms with van der Waals surface area (Å²) < 4.78 is 12.0. The van der Waals surface area contributed by atoms with E-state index in [0.717, 1.165) is 37.3 Å². The Morgan fingerprint density at radius 1 is 1.06 bits per heavy atom. The number of fused-ring (bicyclic) bond motifs is 1. The Labute approximate surface area is 209 Å². The number of aromatic amines is 1. The summed E-state index contributed by atoms with van der Waals surface area (Å²) >= 11 is 0. The zero-order chi connectivity index (χ0) is 25.1. The quantitative estimate of drug-likeness (QED) is 0.411. The lowest BCUT2D eigenvalue weighted by Crippen LogP contribution is -2.47. The number of ether oxygens (including phenoxy) is 2. The lowest BCUT2D eigenvalue weighted by atomic mass is 10.1. The van der Waals surface area contributed by atoms with Crippen LogP contribution < -0.4 is 9.47 Å². The lowest BCUT2D eigenvalue weighted by molar-refractivity contribution is 0.0664. The Morgan fingerprint density at radius 3 is 2.53 bits per heavy atom. The molecule has 1 atom stereocenters. The van der Waals surface area contributed by atoms with Gasteiger partial charge in [0.2, 0.25) is 0 Å². The molecule has 0 spiro atoms. The summed E-state index contributed by atoms with van der Waals surface area (Å²) in [6.45, 7) is 4.89. The minimum absolute atomic E-state index is 0.0313. The van der Waals surface area contributed by atoms with Crippen LogP contribution in [-0.4, -0.2) is 81.7 Å². The minimum atomic E-state index is -0.384. The highest BCUT2D eigenvalue weighted by atomic mass is 16.5. The van der Waals surface area contributed by atoms with Crippen LogP contribution in [0.5, 0.6) is 17.2 Å². The molecule has 1 saturated heterocycles. The smallest absolute Gasteiger partial charge is 0.253 e. The van der Waals surface area contributed by atoms with E-state index in [4.69, 9.17) is 9.47 Å². The van der Waals surface area contributed by atoms with Crippen molar-refractivity contribution in [1.29, 1.82) is 0 Å². The number of imidazole rings is 1. The third-order valence-corrected chi connectivity index (χ3v) is 6.13. The number of nitrogens with one attached hydrogen (secondary N) is 1. The molecule has 186 valence electrons. The summed E-state index contributed by atoms with van der Waals surface area (Å²) in [7, 11) is 2.06. The average Bonchev–Trinajstić information content (AvgIpc) is 3.34. The van der Waals surface area contributed by atoms with Gasteiger partial charge in [0.15, 0.2) is 5.65 Å². The van der Waals surface area contributed by atoms with Crippen LogP contribution in [0.3, 0.4) is 0 Å². The van der Waals surface area contributed by atoms with Gasteiger partial charge in [-0.05, 0) is 62.5 Å². The molecule has 9 nitrogen and oxygen atoms in total. The number of rotatable bonds is 7. The first-order valence-electron chi connectivity index (χ1n) is 12.0. The Hall–Kier alpha value is -3.95. The number of benzene rings is 2. The molecule has 0 aliphatic carbocycles. The molecule has 1 unspecified atom stereocenters. The molecule has 36 heavy (non-hydrogen) atoms. The Morgan fingerprint density at radius 2 is 1.81 bits per heavy atom. The fourth-order valence-corrected chi connectivity index (χ4v) is 4.08. The van der Waals surface area contributed by atoms with Crippen molar-refractivity contribution in [2.45, 2.75) is 13.0 Å². The number of carbonyl (C=O) groups is 1. The molecule has 0 saturated carbocycles. The zero-order valence-electron chi connectivity index (χ0n) is 20.3. The van der Waals surface area contributed by atoms with Crippen molar-refractivity contribution in [3.05, 3.63) is 66.4 Å². The van der Waals surface area contributed by atoms with Crippen LogP contribution in [0.25, 0.3) is 22.6 Å². The molecule has 0 bridgehead atoms. The Balaban J connectivity index is 1.38. The van der Waals surface area contributed by atoms with E-state index in [9.17, 15) is 9.90 Å². The predicted molar refractivity (Wildman–Crippen MR) is 136 cm³/mol. The fourth-order valence-electron chi connectivity index (χ4n) is 4.08. The molecule has 1 aliphatic heterocycles. The number of hydrogen-bond donors (Lipinski definition) is 2. The molecule has 5 rings (SSSR count).